The van der Waals surface area contributed by atoms with Crippen molar-refractivity contribution in [1.82, 2.24) is 0 Å². The Balaban J connectivity index is -0.00000108. The van der Waals surface area contributed by atoms with Gasteiger partial charge in [0.1, 0.15) is 10.1 Å². The van der Waals surface area contributed by atoms with E-state index in [0.29, 0.717) is 0 Å². The molecule has 1 aliphatic carbocycles. The van der Waals surface area contributed by atoms with E-state index < -0.39 is 50.6 Å². The molecule has 0 heterocycles. The second-order valence-electron chi connectivity index (χ2n) is 4.97. The van der Waals surface area contributed by atoms with Gasteiger partial charge in [0.15, 0.2) is 0 Å². The average Bonchev–Trinajstić information content (AvgIpc) is 2.14. The van der Waals surface area contributed by atoms with Gasteiger partial charge in [-0.15, -0.1) is 0 Å². The molecule has 7 nitrogen and oxygen atoms in total. The molecular formula is C10H11Li3O7S. The van der Waals surface area contributed by atoms with Crippen molar-refractivity contribution in [3.8, 4) is 0 Å². The van der Waals surface area contributed by atoms with Crippen LogP contribution < -0.4 is 66.8 Å². The van der Waals surface area contributed by atoms with Crippen molar-refractivity contribution in [3.63, 3.8) is 0 Å². The maximum absolute atomic E-state index is 11.0. The van der Waals surface area contributed by atoms with Gasteiger partial charge in [-0.25, -0.2) is 8.42 Å². The third-order valence-corrected chi connectivity index (χ3v) is 3.99. The zero-order valence-corrected chi connectivity index (χ0v) is 13.6. The van der Waals surface area contributed by atoms with E-state index in [9.17, 15) is 32.8 Å². The minimum Gasteiger partial charge on any atom is -0.744 e. The number of hydrogen-bond donors (Lipinski definition) is 0. The van der Waals surface area contributed by atoms with E-state index in [1.807, 2.05) is 0 Å². The summed E-state index contributed by atoms with van der Waals surface area (Å²) in [5.41, 5.74) is -3.57. The molecule has 0 aromatic heterocycles. The third kappa shape index (κ3) is 5.83. The molecule has 0 amide bonds. The Labute approximate surface area is 159 Å². The molecule has 1 rings (SSSR count). The van der Waals surface area contributed by atoms with Crippen LogP contribution in [0.5, 0.6) is 0 Å². The number of carboxylic acid groups (broad SMARTS) is 2. The Hall–Kier alpha value is 0.382. The fourth-order valence-corrected chi connectivity index (χ4v) is 3.05. The minimum atomic E-state index is -4.91. The molecule has 102 valence electrons. The van der Waals surface area contributed by atoms with Crippen molar-refractivity contribution in [2.75, 3.05) is 0 Å². The maximum atomic E-state index is 11.0. The van der Waals surface area contributed by atoms with Crippen LogP contribution in [-0.4, -0.2) is 24.9 Å². The summed E-state index contributed by atoms with van der Waals surface area (Å²) in [6.45, 7) is 2.25. The number of allylic oxidation sites excluding steroid dienone is 1. The zero-order chi connectivity index (χ0) is 14.4. The molecule has 2 atom stereocenters. The van der Waals surface area contributed by atoms with Gasteiger partial charge in [-0.05, 0) is 12.8 Å². The van der Waals surface area contributed by atoms with Gasteiger partial charge in [0.2, 0.25) is 0 Å². The van der Waals surface area contributed by atoms with Crippen LogP contribution in [0.3, 0.4) is 0 Å². The molecule has 0 aromatic rings. The van der Waals surface area contributed by atoms with Gasteiger partial charge in [0.25, 0.3) is 0 Å². The molecule has 0 aromatic carbocycles. The summed E-state index contributed by atoms with van der Waals surface area (Å²) in [6.07, 6.45) is -0.219. The van der Waals surface area contributed by atoms with Gasteiger partial charge in [0, 0.05) is 21.7 Å². The fraction of sp³-hybridized carbons (Fsp3) is 0.600. The van der Waals surface area contributed by atoms with Crippen LogP contribution >= 0.6 is 0 Å². The van der Waals surface area contributed by atoms with E-state index in [-0.39, 0.29) is 56.6 Å². The molecule has 0 saturated heterocycles. The summed E-state index contributed by atoms with van der Waals surface area (Å²) in [5.74, 6) is -3.25. The van der Waals surface area contributed by atoms with Gasteiger partial charge >= 0.3 is 56.6 Å². The van der Waals surface area contributed by atoms with Gasteiger partial charge < -0.3 is 24.4 Å². The van der Waals surface area contributed by atoms with Gasteiger partial charge in [-0.2, -0.15) is 0 Å². The number of carbonyl (C=O) groups excluding carboxylic acids is 2. The van der Waals surface area contributed by atoms with Crippen LogP contribution in [-0.2, 0) is 19.7 Å². The normalized spacial score (nSPS) is 28.0. The van der Waals surface area contributed by atoms with Crippen molar-refractivity contribution in [2.24, 2.45) is 10.8 Å². The molecule has 0 N–H and O–H groups in total. The van der Waals surface area contributed by atoms with Gasteiger partial charge in [0.05, 0.1) is 5.97 Å². The summed E-state index contributed by atoms with van der Waals surface area (Å²) in [4.78, 5) is 21.2. The molecule has 0 aliphatic heterocycles. The van der Waals surface area contributed by atoms with E-state index in [2.05, 4.69) is 0 Å². The van der Waals surface area contributed by atoms with E-state index in [1.165, 1.54) is 0 Å². The van der Waals surface area contributed by atoms with Gasteiger partial charge in [-0.1, -0.05) is 19.9 Å². The minimum absolute atomic E-state index is 0. The maximum Gasteiger partial charge on any atom is 1.00 e. The van der Waals surface area contributed by atoms with Crippen LogP contribution in [0.4, 0.5) is 0 Å². The Kier molecular flexibility index (Phi) is 10.4. The SMILES string of the molecule is CC1(C(=O)[O-])C=C(S(=O)(=O)[O-])CC(C)(C(=O)[O-])C1.[Li+].[Li+].[Li+]. The first-order chi connectivity index (χ1) is 7.91. The van der Waals surface area contributed by atoms with Crippen molar-refractivity contribution in [1.29, 1.82) is 0 Å². The Morgan fingerprint density at radius 2 is 1.52 bits per heavy atom. The van der Waals surface area contributed by atoms with Crippen LogP contribution in [0.25, 0.3) is 0 Å². The molecule has 21 heavy (non-hydrogen) atoms. The summed E-state index contributed by atoms with van der Waals surface area (Å²) in [7, 11) is -4.91. The van der Waals surface area contributed by atoms with Crippen LogP contribution in [0.1, 0.15) is 26.7 Å². The molecular weight excluding hydrogens is 285 g/mol. The second-order valence-corrected chi connectivity index (χ2v) is 6.40. The Morgan fingerprint density at radius 1 is 1.10 bits per heavy atom. The summed E-state index contributed by atoms with van der Waals surface area (Å²) < 4.78 is 32.9. The van der Waals surface area contributed by atoms with Crippen molar-refractivity contribution in [2.45, 2.75) is 26.7 Å². The molecule has 2 unspecified atom stereocenters. The van der Waals surface area contributed by atoms with Crippen LogP contribution in [0.15, 0.2) is 11.0 Å². The van der Waals surface area contributed by atoms with Crippen LogP contribution in [0.2, 0.25) is 0 Å². The Morgan fingerprint density at radius 3 is 1.81 bits per heavy atom. The first kappa shape index (κ1) is 26.3. The smallest absolute Gasteiger partial charge is 0.744 e. The van der Waals surface area contributed by atoms with E-state index in [4.69, 9.17) is 0 Å². The van der Waals surface area contributed by atoms with E-state index >= 15 is 0 Å². The molecule has 0 spiro atoms. The summed E-state index contributed by atoms with van der Waals surface area (Å²) in [6, 6.07) is 0. The monoisotopic (exact) mass is 296 g/mol. The zero-order valence-electron chi connectivity index (χ0n) is 12.8. The number of aliphatic carboxylic acids is 2. The second kappa shape index (κ2) is 8.30. The quantitative estimate of drug-likeness (QED) is 0.372. The predicted octanol–water partition coefficient (Wildman–Crippen LogP) is -11.3. The molecule has 0 radical (unpaired) electrons. The van der Waals surface area contributed by atoms with E-state index in [1.54, 1.807) is 0 Å². The molecule has 11 heteroatoms. The van der Waals surface area contributed by atoms with E-state index in [0.717, 1.165) is 19.9 Å². The number of carbonyl (C=O) groups is 2. The van der Waals surface area contributed by atoms with Crippen molar-refractivity contribution in [3.05, 3.63) is 11.0 Å². The first-order valence-corrected chi connectivity index (χ1v) is 6.42. The standard InChI is InChI=1S/C10H14O7S.3Li/c1-9(7(11)12)3-6(18(15,16)17)4-10(2,5-9)8(13)14;;;/h3H,4-5H2,1-2H3,(H,11,12)(H,13,14)(H,15,16,17);;;/q;3*+1/p-3. The first-order valence-electron chi connectivity index (χ1n) is 5.01. The van der Waals surface area contributed by atoms with Crippen LogP contribution in [0, 0.1) is 10.8 Å². The van der Waals surface area contributed by atoms with Crippen molar-refractivity contribution < 1.29 is 89.4 Å². The largest absolute Gasteiger partial charge is 1.00 e. The number of hydrogen-bond acceptors (Lipinski definition) is 7. The molecule has 1 aliphatic rings. The number of rotatable bonds is 3. The average molecular weight is 296 g/mol. The summed E-state index contributed by atoms with van der Waals surface area (Å²) >= 11 is 0. The molecule has 0 bridgehead atoms. The van der Waals surface area contributed by atoms with Gasteiger partial charge in [-0.3, -0.25) is 0 Å². The number of carboxylic acids is 2. The molecule has 0 saturated carbocycles. The fourth-order valence-electron chi connectivity index (χ4n) is 2.15. The topological polar surface area (TPSA) is 137 Å². The third-order valence-electron chi connectivity index (χ3n) is 3.08. The summed E-state index contributed by atoms with van der Waals surface area (Å²) in [5, 5.41) is 22.0. The van der Waals surface area contributed by atoms with Crippen molar-refractivity contribution >= 4 is 22.1 Å². The molecule has 0 fully saturated rings. The Bertz CT molecular complexity index is 545. The predicted molar refractivity (Wildman–Crippen MR) is 53.2 cm³/mol.